The van der Waals surface area contributed by atoms with Gasteiger partial charge < -0.3 is 13.8 Å². The molecule has 0 amide bonds. The van der Waals surface area contributed by atoms with Gasteiger partial charge in [0, 0.05) is 26.6 Å². The Kier molecular flexibility index (Phi) is 9.87. The van der Waals surface area contributed by atoms with Crippen LogP contribution < -0.4 is 11.2 Å². The minimum absolute atomic E-state index is 0.121. The van der Waals surface area contributed by atoms with Crippen molar-refractivity contribution in [1.82, 2.24) is 19.7 Å². The number of carbonyl (C=O) groups is 1. The zero-order chi connectivity index (χ0) is 30.7. The molecule has 4 rings (SSSR count). The lowest BCUT2D eigenvalue weighted by atomic mass is 9.85. The fraction of sp³-hybridized carbons (Fsp3) is 0.296. The molecule has 0 radical (unpaired) electrons. The fourth-order valence-corrected chi connectivity index (χ4v) is 7.47. The molecule has 4 aromatic rings. The number of ether oxygens (including phenoxy) is 1. The smallest absolute Gasteiger partial charge is 0.367 e. The summed E-state index contributed by atoms with van der Waals surface area (Å²) in [7, 11) is -3.65. The number of aromatic amines is 1. The number of hydrogen-bond donors (Lipinski definition) is 1. The predicted octanol–water partition coefficient (Wildman–Crippen LogP) is 6.06. The molecule has 11 nitrogen and oxygen atoms in total. The molecule has 0 bridgehead atoms. The van der Waals surface area contributed by atoms with E-state index in [9.17, 15) is 18.9 Å². The van der Waals surface area contributed by atoms with E-state index in [0.717, 1.165) is 22.2 Å². The molecule has 0 saturated carbocycles. The van der Waals surface area contributed by atoms with Gasteiger partial charge in [0.05, 0.1) is 24.6 Å². The van der Waals surface area contributed by atoms with E-state index in [0.29, 0.717) is 21.8 Å². The number of rotatable bonds is 11. The average molecular weight is 653 g/mol. The highest BCUT2D eigenvalue weighted by molar-refractivity contribution is 7.53. The molecule has 0 spiro atoms. The lowest BCUT2D eigenvalue weighted by Gasteiger charge is -2.25. The molecule has 2 aromatic heterocycles. The number of hydrogen-bond acceptors (Lipinski definition) is 10. The number of carbonyl (C=O) groups excluding carboxylic acids is 1. The third-order valence-corrected chi connectivity index (χ3v) is 9.71. The SMILES string of the molecule is CCOP(=O)(COC(=O)c1sc(C(C)(C)c2c(Cl)cc(-n3ncc(=O)[nH]c3=O)cc2Cl)nc1-c1ccccc1)OCC. The maximum absolute atomic E-state index is 13.4. The van der Waals surface area contributed by atoms with Gasteiger partial charge in [0.2, 0.25) is 0 Å². The molecule has 222 valence electrons. The maximum atomic E-state index is 13.4. The highest BCUT2D eigenvalue weighted by atomic mass is 35.5. The van der Waals surface area contributed by atoms with E-state index in [4.69, 9.17) is 42.0 Å². The van der Waals surface area contributed by atoms with E-state index in [1.165, 1.54) is 12.1 Å². The highest BCUT2D eigenvalue weighted by Gasteiger charge is 2.35. The first-order valence-electron chi connectivity index (χ1n) is 12.7. The number of nitrogens with one attached hydrogen (secondary N) is 1. The lowest BCUT2D eigenvalue weighted by Crippen LogP contribution is -2.30. The van der Waals surface area contributed by atoms with Crippen LogP contribution in [0, 0.1) is 0 Å². The van der Waals surface area contributed by atoms with E-state index in [-0.39, 0.29) is 33.8 Å². The molecule has 15 heteroatoms. The molecule has 2 heterocycles. The van der Waals surface area contributed by atoms with Crippen LogP contribution in [0.25, 0.3) is 16.9 Å². The monoisotopic (exact) mass is 652 g/mol. The second kappa shape index (κ2) is 13.0. The van der Waals surface area contributed by atoms with Crippen LogP contribution in [-0.2, 0) is 23.8 Å². The van der Waals surface area contributed by atoms with Crippen LogP contribution in [-0.4, -0.2) is 45.3 Å². The number of aromatic nitrogens is 4. The van der Waals surface area contributed by atoms with Crippen molar-refractivity contribution in [3.8, 4) is 16.9 Å². The van der Waals surface area contributed by atoms with Crippen LogP contribution >= 0.6 is 42.1 Å². The first-order chi connectivity index (χ1) is 19.9. The van der Waals surface area contributed by atoms with Crippen LogP contribution in [0.2, 0.25) is 10.0 Å². The standard InChI is InChI=1S/C27H27Cl2N4O7PS/c1-5-39-41(37,40-6-2)15-38-24(35)23-22(16-10-8-7-9-11-16)32-25(42-23)27(3,4)21-18(28)12-17(13-19(21)29)33-26(36)31-20(34)14-30-33/h7-14H,5-6,15H2,1-4H3,(H,31,34,36). The van der Waals surface area contributed by atoms with Crippen molar-refractivity contribution in [2.24, 2.45) is 0 Å². The van der Waals surface area contributed by atoms with Crippen molar-refractivity contribution in [2.45, 2.75) is 33.1 Å². The van der Waals surface area contributed by atoms with Crippen LogP contribution in [0.15, 0.2) is 58.3 Å². The molecule has 0 aliphatic rings. The van der Waals surface area contributed by atoms with Gasteiger partial charge in [0.15, 0.2) is 6.35 Å². The third-order valence-electron chi connectivity index (χ3n) is 6.01. The molecule has 1 N–H and O–H groups in total. The summed E-state index contributed by atoms with van der Waals surface area (Å²) >= 11 is 14.5. The zero-order valence-electron chi connectivity index (χ0n) is 23.1. The number of H-pyrrole nitrogens is 1. The molecule has 0 fully saturated rings. The van der Waals surface area contributed by atoms with Crippen molar-refractivity contribution in [3.05, 3.63) is 95.0 Å². The zero-order valence-corrected chi connectivity index (χ0v) is 26.3. The Morgan fingerprint density at radius 3 is 2.26 bits per heavy atom. The third kappa shape index (κ3) is 6.75. The molecular weight excluding hydrogens is 626 g/mol. The van der Waals surface area contributed by atoms with Crippen molar-refractivity contribution < 1.29 is 23.1 Å². The van der Waals surface area contributed by atoms with Gasteiger partial charge in [-0.2, -0.15) is 9.78 Å². The Bertz CT molecular complexity index is 1740. The molecule has 0 saturated heterocycles. The van der Waals surface area contributed by atoms with Gasteiger partial charge in [-0.15, -0.1) is 11.3 Å². The summed E-state index contributed by atoms with van der Waals surface area (Å²) in [5.41, 5.74) is -0.576. The quantitative estimate of drug-likeness (QED) is 0.151. The Hall–Kier alpha value is -3.12. The van der Waals surface area contributed by atoms with Crippen molar-refractivity contribution in [3.63, 3.8) is 0 Å². The highest BCUT2D eigenvalue weighted by Crippen LogP contribution is 2.49. The van der Waals surface area contributed by atoms with Gasteiger partial charge >= 0.3 is 19.3 Å². The molecule has 0 atom stereocenters. The van der Waals surface area contributed by atoms with Gasteiger partial charge in [-0.25, -0.2) is 14.6 Å². The van der Waals surface area contributed by atoms with Gasteiger partial charge in [0.1, 0.15) is 16.1 Å². The minimum Gasteiger partial charge on any atom is -0.448 e. The van der Waals surface area contributed by atoms with Crippen molar-refractivity contribution in [2.75, 3.05) is 19.6 Å². The van der Waals surface area contributed by atoms with Crippen molar-refractivity contribution >= 4 is 48.1 Å². The Balaban J connectivity index is 1.76. The Morgan fingerprint density at radius 1 is 1.07 bits per heavy atom. The minimum atomic E-state index is -3.65. The number of benzene rings is 2. The normalized spacial score (nSPS) is 12.0. The lowest BCUT2D eigenvalue weighted by molar-refractivity contribution is 0.0538. The predicted molar refractivity (Wildman–Crippen MR) is 161 cm³/mol. The first kappa shape index (κ1) is 31.8. The Labute approximate surface area is 254 Å². The summed E-state index contributed by atoms with van der Waals surface area (Å²) < 4.78 is 29.8. The van der Waals surface area contributed by atoms with Crippen LogP contribution in [0.4, 0.5) is 0 Å². The van der Waals surface area contributed by atoms with E-state index < -0.39 is 36.6 Å². The molecule has 0 aliphatic carbocycles. The molecule has 0 aliphatic heterocycles. The van der Waals surface area contributed by atoms with Gasteiger partial charge in [0.25, 0.3) is 5.56 Å². The van der Waals surface area contributed by atoms with Gasteiger partial charge in [-0.3, -0.25) is 14.3 Å². The Morgan fingerprint density at radius 2 is 1.69 bits per heavy atom. The fourth-order valence-electron chi connectivity index (χ4n) is 4.15. The molecular formula is C27H27Cl2N4O7PS. The molecule has 2 aromatic carbocycles. The largest absolute Gasteiger partial charge is 0.448 e. The summed E-state index contributed by atoms with van der Waals surface area (Å²) in [6.45, 7) is 7.25. The average Bonchev–Trinajstić information content (AvgIpc) is 3.39. The second-order valence-corrected chi connectivity index (χ2v) is 13.1. The van der Waals surface area contributed by atoms with Crippen molar-refractivity contribution in [1.29, 1.82) is 0 Å². The van der Waals surface area contributed by atoms with Crippen LogP contribution in [0.3, 0.4) is 0 Å². The summed E-state index contributed by atoms with van der Waals surface area (Å²) in [5.74, 6) is -0.746. The number of nitrogens with zero attached hydrogens (tertiary/aromatic N) is 3. The van der Waals surface area contributed by atoms with E-state index in [2.05, 4.69) is 10.1 Å². The summed E-state index contributed by atoms with van der Waals surface area (Å²) in [5, 5.41) is 4.75. The molecule has 42 heavy (non-hydrogen) atoms. The van der Waals surface area contributed by atoms with Gasteiger partial charge in [-0.1, -0.05) is 53.5 Å². The first-order valence-corrected chi connectivity index (χ1v) is 16.0. The maximum Gasteiger partial charge on any atom is 0.367 e. The summed E-state index contributed by atoms with van der Waals surface area (Å²) in [6, 6.07) is 12.1. The number of halogens is 2. The topological polar surface area (TPSA) is 142 Å². The van der Waals surface area contributed by atoms with E-state index >= 15 is 0 Å². The van der Waals surface area contributed by atoms with E-state index in [1.54, 1.807) is 26.0 Å². The van der Waals surface area contributed by atoms with Crippen LogP contribution in [0.1, 0.15) is 47.9 Å². The molecule has 0 unspecified atom stereocenters. The van der Waals surface area contributed by atoms with Crippen LogP contribution in [0.5, 0.6) is 0 Å². The second-order valence-electron chi connectivity index (χ2n) is 9.33. The van der Waals surface area contributed by atoms with Gasteiger partial charge in [-0.05, 0) is 39.8 Å². The van der Waals surface area contributed by atoms with E-state index in [1.807, 2.05) is 32.0 Å². The number of esters is 1. The summed E-state index contributed by atoms with van der Waals surface area (Å²) in [4.78, 5) is 44.2. The summed E-state index contributed by atoms with van der Waals surface area (Å²) in [6.07, 6.45) is 0.402. The number of thiazole rings is 1.